The Bertz CT molecular complexity index is 156. The van der Waals surface area contributed by atoms with Crippen molar-refractivity contribution in [2.45, 2.75) is 31.6 Å². The van der Waals surface area contributed by atoms with Crippen LogP contribution in [0.4, 0.5) is 0 Å². The Hall–Kier alpha value is -0.0200. The van der Waals surface area contributed by atoms with E-state index in [1.54, 1.807) is 6.92 Å². The molecule has 1 aliphatic heterocycles. The van der Waals surface area contributed by atoms with E-state index in [0.717, 1.165) is 13.0 Å². The molecule has 1 fully saturated rings. The summed E-state index contributed by atoms with van der Waals surface area (Å²) in [5.41, 5.74) is 0. The molecule has 2 nitrogen and oxygen atoms in total. The van der Waals surface area contributed by atoms with Gasteiger partial charge in [-0.05, 0) is 19.3 Å². The molecule has 1 heterocycles. The van der Waals surface area contributed by atoms with Crippen molar-refractivity contribution in [2.75, 3.05) is 6.61 Å². The summed E-state index contributed by atoms with van der Waals surface area (Å²) in [5, 5.41) is -0.194. The second-order valence-electron chi connectivity index (χ2n) is 3.14. The largest absolute Gasteiger partial charge is 0.370 e. The van der Waals surface area contributed by atoms with Gasteiger partial charge in [-0.25, -0.2) is 0 Å². The smallest absolute Gasteiger partial charge is 0.174 e. The van der Waals surface area contributed by atoms with Gasteiger partial charge in [-0.1, -0.05) is 6.92 Å². The minimum absolute atomic E-state index is 0.123. The predicted octanol–water partition coefficient (Wildman–Crippen LogP) is 1.30. The number of ketones is 1. The van der Waals surface area contributed by atoms with Crippen LogP contribution in [0.1, 0.15) is 20.3 Å². The van der Waals surface area contributed by atoms with Gasteiger partial charge in [0.25, 0.3) is 0 Å². The molecular weight excluding hydrogens is 160 g/mol. The molecule has 0 aromatic carbocycles. The second-order valence-corrected chi connectivity index (χ2v) is 3.91. The first-order valence-corrected chi connectivity index (χ1v) is 4.48. The highest BCUT2D eigenvalue weighted by Gasteiger charge is 2.32. The van der Waals surface area contributed by atoms with Crippen LogP contribution in [-0.4, -0.2) is 23.7 Å². The Labute approximate surface area is 72.7 Å². The van der Waals surface area contributed by atoms with Crippen molar-refractivity contribution >= 4 is 18.4 Å². The van der Waals surface area contributed by atoms with Gasteiger partial charge in [0.1, 0.15) is 6.10 Å². The van der Waals surface area contributed by atoms with Crippen LogP contribution in [0, 0.1) is 5.92 Å². The molecule has 3 atom stereocenters. The van der Waals surface area contributed by atoms with Gasteiger partial charge in [0, 0.05) is 6.61 Å². The van der Waals surface area contributed by atoms with E-state index in [9.17, 15) is 4.79 Å². The third kappa shape index (κ3) is 1.97. The lowest BCUT2D eigenvalue weighted by molar-refractivity contribution is -0.128. The zero-order valence-electron chi connectivity index (χ0n) is 6.91. The van der Waals surface area contributed by atoms with E-state index in [2.05, 4.69) is 12.6 Å². The Kier molecular flexibility index (Phi) is 2.96. The van der Waals surface area contributed by atoms with Gasteiger partial charge in [-0.15, -0.1) is 0 Å². The summed E-state index contributed by atoms with van der Waals surface area (Å²) in [6, 6.07) is 0. The molecule has 0 aromatic heterocycles. The monoisotopic (exact) mass is 174 g/mol. The quantitative estimate of drug-likeness (QED) is 0.639. The Balaban J connectivity index is 2.53. The van der Waals surface area contributed by atoms with Crippen molar-refractivity contribution < 1.29 is 9.53 Å². The normalized spacial score (nSPS) is 33.7. The minimum Gasteiger partial charge on any atom is -0.370 e. The van der Waals surface area contributed by atoms with E-state index in [4.69, 9.17) is 4.74 Å². The number of hydrogen-bond donors (Lipinski definition) is 1. The molecule has 0 bridgehead atoms. The molecule has 0 aromatic rings. The minimum atomic E-state index is -0.194. The van der Waals surface area contributed by atoms with Crippen molar-refractivity contribution in [2.24, 2.45) is 5.92 Å². The van der Waals surface area contributed by atoms with Gasteiger partial charge in [-0.2, -0.15) is 12.6 Å². The molecule has 1 rings (SSSR count). The topological polar surface area (TPSA) is 26.3 Å². The van der Waals surface area contributed by atoms with Crippen LogP contribution in [0.2, 0.25) is 0 Å². The lowest BCUT2D eigenvalue weighted by Crippen LogP contribution is -2.30. The average Bonchev–Trinajstić information content (AvgIpc) is 2.33. The zero-order chi connectivity index (χ0) is 8.43. The molecular formula is C8H14O2S. The van der Waals surface area contributed by atoms with Crippen molar-refractivity contribution in [1.82, 2.24) is 0 Å². The summed E-state index contributed by atoms with van der Waals surface area (Å²) in [5.74, 6) is 0.496. The van der Waals surface area contributed by atoms with E-state index in [0.29, 0.717) is 5.92 Å². The van der Waals surface area contributed by atoms with Crippen LogP contribution in [0.3, 0.4) is 0 Å². The van der Waals surface area contributed by atoms with E-state index >= 15 is 0 Å². The first kappa shape index (κ1) is 9.07. The summed E-state index contributed by atoms with van der Waals surface area (Å²) < 4.78 is 5.29. The molecule has 0 saturated carbocycles. The SMILES string of the molecule is CC(S)C(=O)[C@H]1OCC[C@H]1C. The highest BCUT2D eigenvalue weighted by Crippen LogP contribution is 2.22. The number of rotatable bonds is 2. The first-order valence-electron chi connectivity index (χ1n) is 3.96. The number of carbonyl (C=O) groups excluding carboxylic acids is 1. The van der Waals surface area contributed by atoms with E-state index in [1.165, 1.54) is 0 Å². The maximum absolute atomic E-state index is 11.4. The zero-order valence-corrected chi connectivity index (χ0v) is 7.80. The molecule has 64 valence electrons. The van der Waals surface area contributed by atoms with Gasteiger partial charge >= 0.3 is 0 Å². The van der Waals surface area contributed by atoms with Gasteiger partial charge in [0.2, 0.25) is 0 Å². The molecule has 1 aliphatic rings. The summed E-state index contributed by atoms with van der Waals surface area (Å²) >= 11 is 4.08. The Morgan fingerprint density at radius 1 is 1.73 bits per heavy atom. The third-order valence-corrected chi connectivity index (χ3v) is 2.33. The average molecular weight is 174 g/mol. The van der Waals surface area contributed by atoms with E-state index < -0.39 is 0 Å². The Morgan fingerprint density at radius 2 is 2.36 bits per heavy atom. The molecule has 0 spiro atoms. The van der Waals surface area contributed by atoms with Crippen molar-refractivity contribution in [3.63, 3.8) is 0 Å². The van der Waals surface area contributed by atoms with Crippen LogP contribution in [0.15, 0.2) is 0 Å². The van der Waals surface area contributed by atoms with Gasteiger partial charge < -0.3 is 4.74 Å². The number of hydrogen-bond acceptors (Lipinski definition) is 3. The van der Waals surface area contributed by atoms with Crippen LogP contribution in [0.5, 0.6) is 0 Å². The molecule has 11 heavy (non-hydrogen) atoms. The molecule has 0 N–H and O–H groups in total. The summed E-state index contributed by atoms with van der Waals surface area (Å²) in [7, 11) is 0. The number of thiol groups is 1. The molecule has 3 heteroatoms. The lowest BCUT2D eigenvalue weighted by atomic mass is 9.99. The van der Waals surface area contributed by atoms with Crippen LogP contribution in [-0.2, 0) is 9.53 Å². The van der Waals surface area contributed by atoms with Crippen LogP contribution < -0.4 is 0 Å². The van der Waals surface area contributed by atoms with E-state index in [-0.39, 0.29) is 17.1 Å². The highest BCUT2D eigenvalue weighted by atomic mass is 32.1. The van der Waals surface area contributed by atoms with Crippen molar-refractivity contribution in [1.29, 1.82) is 0 Å². The molecule has 1 unspecified atom stereocenters. The molecule has 0 amide bonds. The fourth-order valence-electron chi connectivity index (χ4n) is 1.30. The maximum Gasteiger partial charge on any atom is 0.174 e. The van der Waals surface area contributed by atoms with Crippen molar-refractivity contribution in [3.05, 3.63) is 0 Å². The highest BCUT2D eigenvalue weighted by molar-refractivity contribution is 7.81. The summed E-state index contributed by atoms with van der Waals surface area (Å²) in [4.78, 5) is 11.4. The summed E-state index contributed by atoms with van der Waals surface area (Å²) in [6.07, 6.45) is 0.805. The second kappa shape index (κ2) is 3.59. The number of Topliss-reactive ketones (excluding diaryl/α,β-unsaturated/α-hetero) is 1. The van der Waals surface area contributed by atoms with Crippen LogP contribution in [0.25, 0.3) is 0 Å². The summed E-state index contributed by atoms with van der Waals surface area (Å²) in [6.45, 7) is 4.56. The Morgan fingerprint density at radius 3 is 2.73 bits per heavy atom. The molecule has 0 radical (unpaired) electrons. The van der Waals surface area contributed by atoms with Crippen LogP contribution >= 0.6 is 12.6 Å². The van der Waals surface area contributed by atoms with Gasteiger partial charge in [0.05, 0.1) is 5.25 Å². The molecule has 1 saturated heterocycles. The van der Waals surface area contributed by atoms with Crippen molar-refractivity contribution in [3.8, 4) is 0 Å². The first-order chi connectivity index (χ1) is 5.13. The maximum atomic E-state index is 11.4. The fourth-order valence-corrected chi connectivity index (χ4v) is 1.44. The lowest BCUT2D eigenvalue weighted by Gasteiger charge is -2.14. The molecule has 0 aliphatic carbocycles. The predicted molar refractivity (Wildman–Crippen MR) is 47.0 cm³/mol. The third-order valence-electron chi connectivity index (χ3n) is 2.08. The van der Waals surface area contributed by atoms with E-state index in [1.807, 2.05) is 6.92 Å². The number of carbonyl (C=O) groups is 1. The number of ether oxygens (including phenoxy) is 1. The van der Waals surface area contributed by atoms with Gasteiger partial charge in [0.15, 0.2) is 5.78 Å². The standard InChI is InChI=1S/C8H14O2S/c1-5-3-4-10-8(5)7(9)6(2)11/h5-6,8,11H,3-4H2,1-2H3/t5-,6?,8+/m1/s1. The van der Waals surface area contributed by atoms with Gasteiger partial charge in [-0.3, -0.25) is 4.79 Å². The fraction of sp³-hybridized carbons (Fsp3) is 0.875.